The Bertz CT molecular complexity index is 400. The zero-order chi connectivity index (χ0) is 10.5. The predicted molar refractivity (Wildman–Crippen MR) is 58.9 cm³/mol. The first-order valence-corrected chi connectivity index (χ1v) is 5.51. The van der Waals surface area contributed by atoms with Crippen LogP contribution in [0.2, 0.25) is 0 Å². The Kier molecular flexibility index (Phi) is 2.07. The third-order valence-corrected chi connectivity index (χ3v) is 3.36. The summed E-state index contributed by atoms with van der Waals surface area (Å²) in [6, 6.07) is 0.396. The van der Waals surface area contributed by atoms with E-state index in [2.05, 4.69) is 42.5 Å². The highest BCUT2D eigenvalue weighted by Crippen LogP contribution is 2.58. The second kappa shape index (κ2) is 2.92. The van der Waals surface area contributed by atoms with E-state index < -0.39 is 0 Å². The summed E-state index contributed by atoms with van der Waals surface area (Å²) in [5.41, 5.74) is 0.410. The highest BCUT2D eigenvalue weighted by atomic mass is 32.1. The number of aromatic amines is 1. The minimum absolute atomic E-state index is 0.396. The maximum absolute atomic E-state index is 5.22. The Labute approximate surface area is 89.5 Å². The lowest BCUT2D eigenvalue weighted by atomic mass is 10.1. The van der Waals surface area contributed by atoms with Gasteiger partial charge in [0.1, 0.15) is 5.82 Å². The van der Waals surface area contributed by atoms with Gasteiger partial charge >= 0.3 is 0 Å². The molecule has 1 unspecified atom stereocenters. The molecule has 0 spiro atoms. The topological polar surface area (TPSA) is 33.6 Å². The number of nitrogens with zero attached hydrogens (tertiary/aromatic N) is 2. The molecule has 0 radical (unpaired) electrons. The average molecular weight is 211 g/mol. The number of nitrogens with one attached hydrogen (secondary N) is 1. The zero-order valence-corrected chi connectivity index (χ0v) is 9.98. The van der Waals surface area contributed by atoms with E-state index in [0.29, 0.717) is 17.4 Å². The molecule has 1 aromatic heterocycles. The minimum Gasteiger partial charge on any atom is -0.301 e. The molecule has 0 amide bonds. The molecular formula is C10H17N3S. The lowest BCUT2D eigenvalue weighted by Gasteiger charge is -2.10. The van der Waals surface area contributed by atoms with Gasteiger partial charge in [0.2, 0.25) is 0 Å². The number of H-pyrrole nitrogens is 1. The lowest BCUT2D eigenvalue weighted by Crippen LogP contribution is -2.07. The first-order chi connectivity index (χ1) is 6.43. The lowest BCUT2D eigenvalue weighted by molar-refractivity contribution is 0.533. The molecule has 78 valence electrons. The van der Waals surface area contributed by atoms with Crippen molar-refractivity contribution in [3.05, 3.63) is 10.6 Å². The van der Waals surface area contributed by atoms with Crippen LogP contribution in [0.5, 0.6) is 0 Å². The Morgan fingerprint density at radius 2 is 2.14 bits per heavy atom. The van der Waals surface area contributed by atoms with Gasteiger partial charge in [-0.15, -0.1) is 0 Å². The van der Waals surface area contributed by atoms with E-state index >= 15 is 0 Å². The fourth-order valence-corrected chi connectivity index (χ4v) is 2.32. The molecule has 0 aliphatic heterocycles. The summed E-state index contributed by atoms with van der Waals surface area (Å²) in [5.74, 6) is 1.72. The van der Waals surface area contributed by atoms with Gasteiger partial charge in [-0.05, 0) is 37.9 Å². The van der Waals surface area contributed by atoms with Gasteiger partial charge in [-0.25, -0.2) is 0 Å². The summed E-state index contributed by atoms with van der Waals surface area (Å²) in [4.78, 5) is 0. The summed E-state index contributed by atoms with van der Waals surface area (Å²) < 4.78 is 2.88. The van der Waals surface area contributed by atoms with E-state index in [1.165, 1.54) is 6.42 Å². The molecule has 1 saturated carbocycles. The Morgan fingerprint density at radius 3 is 2.57 bits per heavy atom. The first kappa shape index (κ1) is 9.90. The molecule has 1 aliphatic rings. The minimum atomic E-state index is 0.396. The van der Waals surface area contributed by atoms with Crippen molar-refractivity contribution in [1.82, 2.24) is 14.8 Å². The van der Waals surface area contributed by atoms with Crippen LogP contribution in [0, 0.1) is 10.2 Å². The van der Waals surface area contributed by atoms with Crippen LogP contribution in [0.3, 0.4) is 0 Å². The highest BCUT2D eigenvalue weighted by Gasteiger charge is 2.49. The van der Waals surface area contributed by atoms with Crippen molar-refractivity contribution in [3.8, 4) is 0 Å². The molecule has 1 aliphatic carbocycles. The smallest absolute Gasteiger partial charge is 0.195 e. The molecule has 1 N–H and O–H groups in total. The van der Waals surface area contributed by atoms with Crippen LogP contribution in [0.15, 0.2) is 0 Å². The van der Waals surface area contributed by atoms with E-state index in [4.69, 9.17) is 12.2 Å². The average Bonchev–Trinajstić information content (AvgIpc) is 2.54. The standard InChI is InChI=1S/C10H17N3S/c1-6(2)13-8(11-12-9(13)14)7-5-10(7,3)4/h6-7H,5H2,1-4H3,(H,12,14). The maximum Gasteiger partial charge on any atom is 0.195 e. The molecule has 1 heterocycles. The van der Waals surface area contributed by atoms with E-state index in [1.807, 2.05) is 0 Å². The SMILES string of the molecule is CC(C)n1c(C2CC2(C)C)n[nH]c1=S. The van der Waals surface area contributed by atoms with Gasteiger partial charge in [0.15, 0.2) is 4.77 Å². The van der Waals surface area contributed by atoms with Crippen LogP contribution < -0.4 is 0 Å². The summed E-state index contributed by atoms with van der Waals surface area (Å²) in [7, 11) is 0. The number of rotatable bonds is 2. The van der Waals surface area contributed by atoms with Crippen LogP contribution in [-0.2, 0) is 0 Å². The van der Waals surface area contributed by atoms with Crippen molar-refractivity contribution in [2.75, 3.05) is 0 Å². The second-order valence-electron chi connectivity index (χ2n) is 5.10. The molecule has 2 rings (SSSR count). The van der Waals surface area contributed by atoms with Gasteiger partial charge in [-0.3, -0.25) is 5.10 Å². The number of hydrogen-bond acceptors (Lipinski definition) is 2. The van der Waals surface area contributed by atoms with Crippen molar-refractivity contribution in [1.29, 1.82) is 0 Å². The van der Waals surface area contributed by atoms with Crippen molar-refractivity contribution in [3.63, 3.8) is 0 Å². The van der Waals surface area contributed by atoms with E-state index in [0.717, 1.165) is 10.6 Å². The van der Waals surface area contributed by atoms with Gasteiger partial charge < -0.3 is 4.57 Å². The van der Waals surface area contributed by atoms with Crippen molar-refractivity contribution in [2.45, 2.75) is 46.1 Å². The monoisotopic (exact) mass is 211 g/mol. The Morgan fingerprint density at radius 1 is 1.57 bits per heavy atom. The van der Waals surface area contributed by atoms with Crippen LogP contribution in [0.25, 0.3) is 0 Å². The van der Waals surface area contributed by atoms with Crippen LogP contribution >= 0.6 is 12.2 Å². The maximum atomic E-state index is 5.22. The molecule has 3 nitrogen and oxygen atoms in total. The van der Waals surface area contributed by atoms with Crippen molar-refractivity contribution in [2.24, 2.45) is 5.41 Å². The third-order valence-electron chi connectivity index (χ3n) is 3.07. The normalized spacial score (nSPS) is 24.2. The van der Waals surface area contributed by atoms with Crippen molar-refractivity contribution >= 4 is 12.2 Å². The molecule has 1 aromatic rings. The highest BCUT2D eigenvalue weighted by molar-refractivity contribution is 7.71. The van der Waals surface area contributed by atoms with Gasteiger partial charge in [0.05, 0.1) is 0 Å². The summed E-state index contributed by atoms with van der Waals surface area (Å²) in [6.07, 6.45) is 1.22. The first-order valence-electron chi connectivity index (χ1n) is 5.10. The Hall–Kier alpha value is -0.640. The Balaban J connectivity index is 2.41. The summed E-state index contributed by atoms with van der Waals surface area (Å²) in [6.45, 7) is 8.84. The van der Waals surface area contributed by atoms with Crippen LogP contribution in [0.4, 0.5) is 0 Å². The molecule has 4 heteroatoms. The predicted octanol–water partition coefficient (Wildman–Crippen LogP) is 3.04. The van der Waals surface area contributed by atoms with Gasteiger partial charge in [-0.1, -0.05) is 13.8 Å². The van der Waals surface area contributed by atoms with Gasteiger partial charge in [0, 0.05) is 12.0 Å². The zero-order valence-electron chi connectivity index (χ0n) is 9.16. The van der Waals surface area contributed by atoms with Crippen LogP contribution in [0.1, 0.15) is 51.9 Å². The van der Waals surface area contributed by atoms with Gasteiger partial charge in [-0.2, -0.15) is 5.10 Å². The molecule has 14 heavy (non-hydrogen) atoms. The quantitative estimate of drug-likeness (QED) is 0.763. The van der Waals surface area contributed by atoms with E-state index in [9.17, 15) is 0 Å². The molecule has 1 atom stereocenters. The fraction of sp³-hybridized carbons (Fsp3) is 0.800. The molecule has 0 saturated heterocycles. The molecular weight excluding hydrogens is 194 g/mol. The van der Waals surface area contributed by atoms with Gasteiger partial charge in [0.25, 0.3) is 0 Å². The second-order valence-corrected chi connectivity index (χ2v) is 5.48. The van der Waals surface area contributed by atoms with E-state index in [1.54, 1.807) is 0 Å². The van der Waals surface area contributed by atoms with Crippen molar-refractivity contribution < 1.29 is 0 Å². The third kappa shape index (κ3) is 1.41. The van der Waals surface area contributed by atoms with E-state index in [-0.39, 0.29) is 0 Å². The fourth-order valence-electron chi connectivity index (χ4n) is 1.97. The summed E-state index contributed by atoms with van der Waals surface area (Å²) in [5, 5.41) is 7.23. The number of aromatic nitrogens is 3. The molecule has 1 fully saturated rings. The number of hydrogen-bond donors (Lipinski definition) is 1. The molecule has 0 aromatic carbocycles. The summed E-state index contributed by atoms with van der Waals surface area (Å²) >= 11 is 5.22. The molecule has 0 bridgehead atoms. The van der Waals surface area contributed by atoms with Crippen LogP contribution in [-0.4, -0.2) is 14.8 Å². The largest absolute Gasteiger partial charge is 0.301 e.